The van der Waals surface area contributed by atoms with Gasteiger partial charge in [0.2, 0.25) is 0 Å². The summed E-state index contributed by atoms with van der Waals surface area (Å²) >= 11 is 0. The van der Waals surface area contributed by atoms with Gasteiger partial charge < -0.3 is 10.6 Å². The van der Waals surface area contributed by atoms with Gasteiger partial charge in [0.15, 0.2) is 6.04 Å². The van der Waals surface area contributed by atoms with E-state index in [0.29, 0.717) is 5.69 Å². The monoisotopic (exact) mass is 273 g/mol. The number of carbonyl (C=O) groups is 1. The number of hydrogen-bond donors (Lipinski definition) is 2. The number of halogens is 1. The highest BCUT2D eigenvalue weighted by Gasteiger charge is 2.23. The van der Waals surface area contributed by atoms with Crippen molar-refractivity contribution in [3.05, 3.63) is 66.0 Å². The van der Waals surface area contributed by atoms with Gasteiger partial charge in [-0.25, -0.2) is 4.39 Å². The number of quaternary nitrogens is 1. The van der Waals surface area contributed by atoms with Gasteiger partial charge >= 0.3 is 0 Å². The lowest BCUT2D eigenvalue weighted by atomic mass is 10.1. The van der Waals surface area contributed by atoms with Gasteiger partial charge in [0, 0.05) is 11.3 Å². The second-order valence-corrected chi connectivity index (χ2v) is 4.53. The molecule has 2 rings (SSSR count). The molecule has 0 spiro atoms. The van der Waals surface area contributed by atoms with Crippen LogP contribution in [0.1, 0.15) is 18.5 Å². The molecule has 0 fully saturated rings. The number of amides is 1. The third-order valence-electron chi connectivity index (χ3n) is 3.02. The van der Waals surface area contributed by atoms with Crippen LogP contribution in [0.25, 0.3) is 0 Å². The fraction of sp³-hybridized carbons (Fsp3) is 0.188. The van der Waals surface area contributed by atoms with Crippen LogP contribution in [-0.4, -0.2) is 12.5 Å². The molecule has 3 nitrogen and oxygen atoms in total. The molecule has 3 N–H and O–H groups in total. The summed E-state index contributed by atoms with van der Waals surface area (Å²) < 4.78 is 12.8. The van der Waals surface area contributed by atoms with E-state index in [1.807, 2.05) is 42.6 Å². The summed E-state index contributed by atoms with van der Waals surface area (Å²) in [4.78, 5) is 12.4. The Hall–Kier alpha value is -2.20. The van der Waals surface area contributed by atoms with Crippen molar-refractivity contribution in [2.24, 2.45) is 0 Å². The van der Waals surface area contributed by atoms with Gasteiger partial charge in [-0.2, -0.15) is 0 Å². The number of nitrogens with two attached hydrogens (primary N) is 1. The van der Waals surface area contributed by atoms with E-state index in [0.717, 1.165) is 12.1 Å². The lowest BCUT2D eigenvalue weighted by molar-refractivity contribution is -0.679. The van der Waals surface area contributed by atoms with Crippen LogP contribution in [0.4, 0.5) is 10.1 Å². The molecule has 2 aromatic rings. The molecule has 0 aliphatic carbocycles. The molecule has 2 aromatic carbocycles. The average molecular weight is 273 g/mol. The molecule has 0 aliphatic heterocycles. The predicted molar refractivity (Wildman–Crippen MR) is 76.7 cm³/mol. The Bertz CT molecular complexity index is 554. The van der Waals surface area contributed by atoms with Crippen molar-refractivity contribution in [1.82, 2.24) is 0 Å². The van der Waals surface area contributed by atoms with E-state index in [2.05, 4.69) is 5.32 Å². The second-order valence-electron chi connectivity index (χ2n) is 4.53. The van der Waals surface area contributed by atoms with Crippen LogP contribution in [0.2, 0.25) is 0 Å². The fourth-order valence-corrected chi connectivity index (χ4v) is 2.04. The first-order valence-electron chi connectivity index (χ1n) is 6.65. The lowest BCUT2D eigenvalue weighted by Crippen LogP contribution is -2.86. The van der Waals surface area contributed by atoms with Crippen LogP contribution >= 0.6 is 0 Å². The topological polar surface area (TPSA) is 45.7 Å². The summed E-state index contributed by atoms with van der Waals surface area (Å²) in [5.74, 6) is -0.424. The number of likely N-dealkylation sites (N-methyl/N-ethyl adjacent to an activating group) is 1. The number of hydrogen-bond acceptors (Lipinski definition) is 1. The van der Waals surface area contributed by atoms with E-state index in [4.69, 9.17) is 0 Å². The van der Waals surface area contributed by atoms with Crippen molar-refractivity contribution < 1.29 is 14.5 Å². The Morgan fingerprint density at radius 1 is 1.15 bits per heavy atom. The molecule has 0 aliphatic rings. The van der Waals surface area contributed by atoms with E-state index in [1.54, 1.807) is 12.1 Å². The maximum absolute atomic E-state index is 12.8. The van der Waals surface area contributed by atoms with Gasteiger partial charge in [0.1, 0.15) is 5.82 Å². The number of carbonyl (C=O) groups excluding carboxylic acids is 1. The van der Waals surface area contributed by atoms with Crippen LogP contribution in [0.15, 0.2) is 54.6 Å². The molecule has 20 heavy (non-hydrogen) atoms. The Kier molecular flexibility index (Phi) is 4.85. The van der Waals surface area contributed by atoms with Crippen molar-refractivity contribution in [3.8, 4) is 0 Å². The van der Waals surface area contributed by atoms with E-state index in [1.165, 1.54) is 12.1 Å². The largest absolute Gasteiger partial charge is 0.332 e. The smallest absolute Gasteiger partial charge is 0.287 e. The minimum atomic E-state index is -0.317. The van der Waals surface area contributed by atoms with Crippen LogP contribution in [0, 0.1) is 5.82 Å². The normalized spacial score (nSPS) is 11.9. The summed E-state index contributed by atoms with van der Waals surface area (Å²) in [5, 5.41) is 4.78. The molecular formula is C16H18FN2O+. The summed E-state index contributed by atoms with van der Waals surface area (Å²) in [6.07, 6.45) is 0. The maximum Gasteiger partial charge on any atom is 0.287 e. The SMILES string of the molecule is CC[NH2+][C@@H](C(=O)Nc1ccc(F)cc1)c1ccccc1. The second kappa shape index (κ2) is 6.82. The summed E-state index contributed by atoms with van der Waals surface area (Å²) in [6.45, 7) is 2.80. The van der Waals surface area contributed by atoms with Crippen LogP contribution < -0.4 is 10.6 Å². The first kappa shape index (κ1) is 14.2. The van der Waals surface area contributed by atoms with Gasteiger partial charge in [-0.1, -0.05) is 30.3 Å². The van der Waals surface area contributed by atoms with Crippen molar-refractivity contribution in [1.29, 1.82) is 0 Å². The van der Waals surface area contributed by atoms with Crippen molar-refractivity contribution in [3.63, 3.8) is 0 Å². The number of nitrogens with one attached hydrogen (secondary N) is 1. The maximum atomic E-state index is 12.8. The van der Waals surface area contributed by atoms with E-state index >= 15 is 0 Å². The Morgan fingerprint density at radius 2 is 1.80 bits per heavy atom. The highest BCUT2D eigenvalue weighted by Crippen LogP contribution is 2.13. The average Bonchev–Trinajstić information content (AvgIpc) is 2.48. The molecule has 0 saturated heterocycles. The lowest BCUT2D eigenvalue weighted by Gasteiger charge is -2.15. The van der Waals surface area contributed by atoms with E-state index in [9.17, 15) is 9.18 Å². The molecule has 0 radical (unpaired) electrons. The number of anilines is 1. The molecule has 1 atom stereocenters. The molecule has 1 amide bonds. The zero-order valence-corrected chi connectivity index (χ0v) is 11.3. The van der Waals surface area contributed by atoms with Gasteiger partial charge in [-0.15, -0.1) is 0 Å². The summed E-state index contributed by atoms with van der Waals surface area (Å²) in [6, 6.07) is 15.1. The molecule has 0 heterocycles. The van der Waals surface area contributed by atoms with Gasteiger partial charge in [0.25, 0.3) is 5.91 Å². The van der Waals surface area contributed by atoms with Crippen LogP contribution in [0.5, 0.6) is 0 Å². The third-order valence-corrected chi connectivity index (χ3v) is 3.02. The van der Waals surface area contributed by atoms with E-state index in [-0.39, 0.29) is 17.8 Å². The van der Waals surface area contributed by atoms with Crippen LogP contribution in [-0.2, 0) is 4.79 Å². The zero-order chi connectivity index (χ0) is 14.4. The summed E-state index contributed by atoms with van der Waals surface area (Å²) in [7, 11) is 0. The first-order valence-corrected chi connectivity index (χ1v) is 6.65. The zero-order valence-electron chi connectivity index (χ0n) is 11.3. The molecule has 104 valence electrons. The molecule has 0 saturated carbocycles. The standard InChI is InChI=1S/C16H17FN2O/c1-2-18-15(12-6-4-3-5-7-12)16(20)19-14-10-8-13(17)9-11-14/h3-11,15,18H,2H2,1H3,(H,19,20)/p+1/t15-/m1/s1. The quantitative estimate of drug-likeness (QED) is 0.861. The first-order chi connectivity index (χ1) is 9.70. The third kappa shape index (κ3) is 3.65. The highest BCUT2D eigenvalue weighted by molar-refractivity contribution is 5.94. The molecular weight excluding hydrogens is 255 g/mol. The fourth-order valence-electron chi connectivity index (χ4n) is 2.04. The number of benzene rings is 2. The van der Waals surface area contributed by atoms with Gasteiger partial charge in [0.05, 0.1) is 6.54 Å². The molecule has 0 aromatic heterocycles. The molecule has 4 heteroatoms. The van der Waals surface area contributed by atoms with Gasteiger partial charge in [-0.05, 0) is 31.2 Å². The van der Waals surface area contributed by atoms with Crippen LogP contribution in [0.3, 0.4) is 0 Å². The van der Waals surface area contributed by atoms with Crippen molar-refractivity contribution >= 4 is 11.6 Å². The number of rotatable bonds is 5. The van der Waals surface area contributed by atoms with E-state index < -0.39 is 0 Å². The van der Waals surface area contributed by atoms with Crippen molar-refractivity contribution in [2.45, 2.75) is 13.0 Å². The Balaban J connectivity index is 2.13. The highest BCUT2D eigenvalue weighted by atomic mass is 19.1. The van der Waals surface area contributed by atoms with Crippen molar-refractivity contribution in [2.75, 3.05) is 11.9 Å². The predicted octanol–water partition coefficient (Wildman–Crippen LogP) is 2.09. The minimum Gasteiger partial charge on any atom is -0.332 e. The Labute approximate surface area is 117 Å². The Morgan fingerprint density at radius 3 is 2.40 bits per heavy atom. The molecule has 0 unspecified atom stereocenters. The summed E-state index contributed by atoms with van der Waals surface area (Å²) in [5.41, 5.74) is 1.55. The molecule has 0 bridgehead atoms. The minimum absolute atomic E-state index is 0.107. The van der Waals surface area contributed by atoms with Gasteiger partial charge in [-0.3, -0.25) is 4.79 Å².